The Hall–Kier alpha value is -1.06. The number of nitrogens with one attached hydrogen (secondary N) is 1. The molecule has 0 bridgehead atoms. The Labute approximate surface area is 134 Å². The molecule has 2 N–H and O–H groups in total. The zero-order chi connectivity index (χ0) is 15.4. The number of benzene rings is 1. The predicted octanol–water partition coefficient (Wildman–Crippen LogP) is 3.63. The van der Waals surface area contributed by atoms with Crippen molar-refractivity contribution in [3.8, 4) is 0 Å². The van der Waals surface area contributed by atoms with Crippen LogP contribution in [0.3, 0.4) is 0 Å². The SMILES string of the molecule is CC1CCC(Nc2ccccc2CN2CCC(O)CC2)CC1. The molecular weight excluding hydrogens is 272 g/mol. The van der Waals surface area contributed by atoms with Gasteiger partial charge in [-0.05, 0) is 56.1 Å². The second-order valence-corrected chi connectivity index (χ2v) is 7.27. The summed E-state index contributed by atoms with van der Waals surface area (Å²) in [5.74, 6) is 0.896. The fourth-order valence-corrected chi connectivity index (χ4v) is 3.74. The summed E-state index contributed by atoms with van der Waals surface area (Å²) in [5, 5.41) is 13.4. The Morgan fingerprint density at radius 2 is 1.73 bits per heavy atom. The number of hydrogen-bond donors (Lipinski definition) is 2. The largest absolute Gasteiger partial charge is 0.393 e. The maximum Gasteiger partial charge on any atom is 0.0564 e. The Bertz CT molecular complexity index is 417. The average molecular weight is 302 g/mol. The number of rotatable bonds is 4. The van der Waals surface area contributed by atoms with Crippen LogP contribution in [0, 0.1) is 5.92 Å². The van der Waals surface area contributed by atoms with Crippen LogP contribution in [-0.4, -0.2) is 35.2 Å². The Morgan fingerprint density at radius 3 is 2.45 bits per heavy atom. The molecule has 0 aromatic heterocycles. The molecule has 1 aliphatic heterocycles. The smallest absolute Gasteiger partial charge is 0.0564 e. The maximum atomic E-state index is 9.65. The van der Waals surface area contributed by atoms with E-state index in [1.54, 1.807) is 0 Å². The number of anilines is 1. The van der Waals surface area contributed by atoms with Gasteiger partial charge in [0.1, 0.15) is 0 Å². The summed E-state index contributed by atoms with van der Waals surface area (Å²) < 4.78 is 0. The highest BCUT2D eigenvalue weighted by atomic mass is 16.3. The second kappa shape index (κ2) is 7.47. The van der Waals surface area contributed by atoms with Crippen molar-refractivity contribution in [2.24, 2.45) is 5.92 Å². The van der Waals surface area contributed by atoms with Crippen LogP contribution in [0.1, 0.15) is 51.0 Å². The van der Waals surface area contributed by atoms with Gasteiger partial charge in [-0.1, -0.05) is 25.1 Å². The molecule has 1 aliphatic carbocycles. The molecule has 1 saturated heterocycles. The van der Waals surface area contributed by atoms with E-state index in [0.29, 0.717) is 6.04 Å². The molecule has 3 heteroatoms. The van der Waals surface area contributed by atoms with E-state index in [4.69, 9.17) is 0 Å². The first-order chi connectivity index (χ1) is 10.7. The van der Waals surface area contributed by atoms with E-state index < -0.39 is 0 Å². The molecule has 22 heavy (non-hydrogen) atoms. The lowest BCUT2D eigenvalue weighted by molar-refractivity contribution is 0.0793. The lowest BCUT2D eigenvalue weighted by atomic mass is 9.87. The van der Waals surface area contributed by atoms with E-state index in [1.165, 1.54) is 36.9 Å². The van der Waals surface area contributed by atoms with Gasteiger partial charge in [-0.25, -0.2) is 0 Å². The summed E-state index contributed by atoms with van der Waals surface area (Å²) >= 11 is 0. The van der Waals surface area contributed by atoms with Crippen LogP contribution in [0.4, 0.5) is 5.69 Å². The summed E-state index contributed by atoms with van der Waals surface area (Å²) in [6.45, 7) is 5.39. The quantitative estimate of drug-likeness (QED) is 0.891. The standard InChI is InChI=1S/C19H30N2O/c1-15-6-8-17(9-7-15)20-19-5-3-2-4-16(19)14-21-12-10-18(22)11-13-21/h2-5,15,17-18,20,22H,6-14H2,1H3. The van der Waals surface area contributed by atoms with E-state index in [1.807, 2.05) is 0 Å². The molecule has 1 aromatic carbocycles. The van der Waals surface area contributed by atoms with E-state index in [2.05, 4.69) is 41.4 Å². The number of nitrogens with zero attached hydrogens (tertiary/aromatic N) is 1. The van der Waals surface area contributed by atoms with Gasteiger partial charge in [0.25, 0.3) is 0 Å². The molecule has 0 atom stereocenters. The van der Waals surface area contributed by atoms with Gasteiger partial charge in [0.2, 0.25) is 0 Å². The van der Waals surface area contributed by atoms with Gasteiger partial charge >= 0.3 is 0 Å². The first-order valence-electron chi connectivity index (χ1n) is 8.95. The number of aliphatic hydroxyl groups excluding tert-OH is 1. The van der Waals surface area contributed by atoms with Crippen LogP contribution < -0.4 is 5.32 Å². The maximum absolute atomic E-state index is 9.65. The van der Waals surface area contributed by atoms with E-state index in [0.717, 1.165) is 38.4 Å². The third-order valence-corrected chi connectivity index (χ3v) is 5.34. The van der Waals surface area contributed by atoms with Gasteiger partial charge in [-0.15, -0.1) is 0 Å². The number of piperidine rings is 1. The molecule has 3 rings (SSSR count). The van der Waals surface area contributed by atoms with E-state index in [9.17, 15) is 5.11 Å². The molecule has 3 nitrogen and oxygen atoms in total. The number of hydrogen-bond acceptors (Lipinski definition) is 3. The summed E-state index contributed by atoms with van der Waals surface area (Å²) in [6.07, 6.45) is 7.03. The van der Waals surface area contributed by atoms with Gasteiger partial charge < -0.3 is 10.4 Å². The average Bonchev–Trinajstić information content (AvgIpc) is 2.54. The third-order valence-electron chi connectivity index (χ3n) is 5.34. The van der Waals surface area contributed by atoms with Gasteiger partial charge in [0.05, 0.1) is 6.10 Å². The lowest BCUT2D eigenvalue weighted by Gasteiger charge is -2.31. The topological polar surface area (TPSA) is 35.5 Å². The van der Waals surface area contributed by atoms with E-state index in [-0.39, 0.29) is 6.10 Å². The van der Waals surface area contributed by atoms with Crippen molar-refractivity contribution in [2.75, 3.05) is 18.4 Å². The molecular formula is C19H30N2O. The number of aliphatic hydroxyl groups is 1. The van der Waals surface area contributed by atoms with Crippen LogP contribution in [0.2, 0.25) is 0 Å². The Balaban J connectivity index is 1.60. The molecule has 1 aromatic rings. The minimum atomic E-state index is -0.0890. The van der Waals surface area contributed by atoms with E-state index >= 15 is 0 Å². The highest BCUT2D eigenvalue weighted by Crippen LogP contribution is 2.28. The van der Waals surface area contributed by atoms with Crippen LogP contribution in [0.5, 0.6) is 0 Å². The normalized spacial score (nSPS) is 27.7. The van der Waals surface area contributed by atoms with Crippen molar-refractivity contribution >= 4 is 5.69 Å². The van der Waals surface area contributed by atoms with Gasteiger partial charge in [-0.3, -0.25) is 4.90 Å². The van der Waals surface area contributed by atoms with Crippen molar-refractivity contribution in [2.45, 2.75) is 64.1 Å². The van der Waals surface area contributed by atoms with Crippen molar-refractivity contribution in [3.63, 3.8) is 0 Å². The summed E-state index contributed by atoms with van der Waals surface area (Å²) in [6, 6.07) is 9.39. The second-order valence-electron chi connectivity index (χ2n) is 7.27. The number of para-hydroxylation sites is 1. The molecule has 0 radical (unpaired) electrons. The van der Waals surface area contributed by atoms with Gasteiger partial charge in [-0.2, -0.15) is 0 Å². The van der Waals surface area contributed by atoms with Crippen molar-refractivity contribution in [3.05, 3.63) is 29.8 Å². The Kier molecular flexibility index (Phi) is 5.37. The molecule has 0 spiro atoms. The minimum Gasteiger partial charge on any atom is -0.393 e. The first kappa shape index (κ1) is 15.8. The van der Waals surface area contributed by atoms with Crippen LogP contribution in [0.25, 0.3) is 0 Å². The lowest BCUT2D eigenvalue weighted by Crippen LogP contribution is -2.35. The molecule has 1 saturated carbocycles. The number of likely N-dealkylation sites (tertiary alicyclic amines) is 1. The highest BCUT2D eigenvalue weighted by molar-refractivity contribution is 5.51. The molecule has 0 amide bonds. The fourth-order valence-electron chi connectivity index (χ4n) is 3.74. The zero-order valence-electron chi connectivity index (χ0n) is 13.8. The third kappa shape index (κ3) is 4.23. The van der Waals surface area contributed by atoms with Crippen molar-refractivity contribution in [1.82, 2.24) is 4.90 Å². The van der Waals surface area contributed by atoms with Gasteiger partial charge in [0, 0.05) is 31.4 Å². The molecule has 1 heterocycles. The fraction of sp³-hybridized carbons (Fsp3) is 0.684. The molecule has 2 aliphatic rings. The van der Waals surface area contributed by atoms with Crippen molar-refractivity contribution < 1.29 is 5.11 Å². The summed E-state index contributed by atoms with van der Waals surface area (Å²) in [5.41, 5.74) is 2.71. The molecule has 122 valence electrons. The zero-order valence-corrected chi connectivity index (χ0v) is 13.8. The molecule has 0 unspecified atom stereocenters. The van der Waals surface area contributed by atoms with Gasteiger partial charge in [0.15, 0.2) is 0 Å². The first-order valence-corrected chi connectivity index (χ1v) is 8.95. The summed E-state index contributed by atoms with van der Waals surface area (Å²) in [4.78, 5) is 2.47. The molecule has 2 fully saturated rings. The van der Waals surface area contributed by atoms with Crippen LogP contribution in [-0.2, 0) is 6.54 Å². The Morgan fingerprint density at radius 1 is 1.05 bits per heavy atom. The minimum absolute atomic E-state index is 0.0890. The van der Waals surface area contributed by atoms with Crippen LogP contribution in [0.15, 0.2) is 24.3 Å². The van der Waals surface area contributed by atoms with Crippen molar-refractivity contribution in [1.29, 1.82) is 0 Å². The van der Waals surface area contributed by atoms with Crippen LogP contribution >= 0.6 is 0 Å². The summed E-state index contributed by atoms with van der Waals surface area (Å²) in [7, 11) is 0. The monoisotopic (exact) mass is 302 g/mol. The highest BCUT2D eigenvalue weighted by Gasteiger charge is 2.20. The predicted molar refractivity (Wildman–Crippen MR) is 92.0 cm³/mol.